The monoisotopic (exact) mass is 507 g/mol. The first-order valence-electron chi connectivity index (χ1n) is 10.9. The highest BCUT2D eigenvalue weighted by Gasteiger charge is 2.11. The average molecular weight is 508 g/mol. The number of halogens is 1. The maximum atomic E-state index is 12.5. The molecule has 0 spiro atoms. The summed E-state index contributed by atoms with van der Waals surface area (Å²) in [6.07, 6.45) is 2.99. The van der Waals surface area contributed by atoms with Crippen molar-refractivity contribution in [1.29, 1.82) is 0 Å². The van der Waals surface area contributed by atoms with Gasteiger partial charge in [-0.1, -0.05) is 42.0 Å². The normalized spacial score (nSPS) is 10.5. The van der Waals surface area contributed by atoms with Crippen LogP contribution in [0.1, 0.15) is 21.5 Å². The molecule has 0 unspecified atom stereocenters. The van der Waals surface area contributed by atoms with E-state index < -0.39 is 5.91 Å². The molecule has 0 aromatic heterocycles. The van der Waals surface area contributed by atoms with E-state index >= 15 is 0 Å². The third kappa shape index (κ3) is 7.61. The van der Waals surface area contributed by atoms with Crippen molar-refractivity contribution < 1.29 is 23.8 Å². The molecule has 0 heterocycles. The molecule has 2 amide bonds. The van der Waals surface area contributed by atoms with Gasteiger partial charge in [-0.15, -0.1) is 0 Å². The minimum Gasteiger partial charge on any atom is -0.493 e. The highest BCUT2D eigenvalue weighted by Crippen LogP contribution is 2.28. The Balaban J connectivity index is 1.62. The molecule has 0 fully saturated rings. The zero-order chi connectivity index (χ0) is 25.9. The molecule has 3 aromatic carbocycles. The van der Waals surface area contributed by atoms with Crippen molar-refractivity contribution in [2.45, 2.75) is 6.92 Å². The predicted octanol–water partition coefficient (Wildman–Crippen LogP) is 5.00. The maximum absolute atomic E-state index is 12.5. The number of hydrogen-bond donors (Lipinski definition) is 2. The summed E-state index contributed by atoms with van der Waals surface area (Å²) in [5, 5.41) is 7.21. The number of carbonyl (C=O) groups excluding carboxylic acids is 2. The molecule has 0 aliphatic rings. The van der Waals surface area contributed by atoms with Gasteiger partial charge in [-0.25, -0.2) is 5.43 Å². The van der Waals surface area contributed by atoms with Crippen molar-refractivity contribution in [3.63, 3.8) is 0 Å². The van der Waals surface area contributed by atoms with E-state index in [1.54, 1.807) is 42.5 Å². The fourth-order valence-electron chi connectivity index (χ4n) is 3.03. The Bertz CT molecular complexity index is 1260. The van der Waals surface area contributed by atoms with Crippen LogP contribution in [0.5, 0.6) is 17.2 Å². The molecule has 2 N–H and O–H groups in total. The van der Waals surface area contributed by atoms with E-state index in [0.717, 1.165) is 5.56 Å². The Hall–Kier alpha value is -4.30. The van der Waals surface area contributed by atoms with Gasteiger partial charge < -0.3 is 19.5 Å². The van der Waals surface area contributed by atoms with Crippen LogP contribution in [0.4, 0.5) is 5.69 Å². The molecular weight excluding hydrogens is 482 g/mol. The van der Waals surface area contributed by atoms with Crippen molar-refractivity contribution in [2.75, 3.05) is 25.6 Å². The number of methoxy groups -OCH3 is 1. The van der Waals surface area contributed by atoms with Crippen molar-refractivity contribution in [1.82, 2.24) is 5.43 Å². The fourth-order valence-corrected chi connectivity index (χ4v) is 3.21. The van der Waals surface area contributed by atoms with E-state index in [-0.39, 0.29) is 12.5 Å². The van der Waals surface area contributed by atoms with Crippen LogP contribution in [0.2, 0.25) is 5.02 Å². The number of anilines is 1. The molecule has 36 heavy (non-hydrogen) atoms. The van der Waals surface area contributed by atoms with Crippen LogP contribution < -0.4 is 25.0 Å². The summed E-state index contributed by atoms with van der Waals surface area (Å²) in [6.45, 7) is 5.66. The lowest BCUT2D eigenvalue weighted by Gasteiger charge is -2.11. The number of carbonyl (C=O) groups is 2. The summed E-state index contributed by atoms with van der Waals surface area (Å²) < 4.78 is 16.4. The molecule has 0 bridgehead atoms. The van der Waals surface area contributed by atoms with Crippen LogP contribution in [0, 0.1) is 6.92 Å². The van der Waals surface area contributed by atoms with Crippen LogP contribution in [-0.2, 0) is 4.79 Å². The predicted molar refractivity (Wildman–Crippen MR) is 141 cm³/mol. The van der Waals surface area contributed by atoms with Crippen molar-refractivity contribution in [2.24, 2.45) is 5.10 Å². The summed E-state index contributed by atoms with van der Waals surface area (Å²) in [6, 6.07) is 17.1. The number of aryl methyl sites for hydroxylation is 1. The molecule has 0 saturated carbocycles. The van der Waals surface area contributed by atoms with Gasteiger partial charge in [-0.2, -0.15) is 5.10 Å². The molecule has 0 radical (unpaired) electrons. The Kier molecular flexibility index (Phi) is 9.48. The minimum atomic E-state index is -0.457. The van der Waals surface area contributed by atoms with E-state index in [1.165, 1.54) is 13.3 Å². The van der Waals surface area contributed by atoms with Gasteiger partial charge in [0.1, 0.15) is 12.4 Å². The number of ether oxygens (including phenoxy) is 3. The number of hydrazone groups is 1. The second-order valence-corrected chi connectivity index (χ2v) is 7.99. The topological polar surface area (TPSA) is 98.3 Å². The fraction of sp³-hybridized carbons (Fsp3) is 0.148. The average Bonchev–Trinajstić information content (AvgIpc) is 2.88. The number of amides is 2. The lowest BCUT2D eigenvalue weighted by molar-refractivity contribution is -0.118. The molecule has 186 valence electrons. The van der Waals surface area contributed by atoms with Crippen LogP contribution >= 0.6 is 11.6 Å². The van der Waals surface area contributed by atoms with Gasteiger partial charge in [0.15, 0.2) is 18.1 Å². The Morgan fingerprint density at radius 1 is 1.00 bits per heavy atom. The Labute approximate surface area is 214 Å². The van der Waals surface area contributed by atoms with Crippen LogP contribution in [0.15, 0.2) is 78.4 Å². The van der Waals surface area contributed by atoms with Gasteiger partial charge in [0.05, 0.1) is 13.3 Å². The number of benzene rings is 3. The van der Waals surface area contributed by atoms with Crippen LogP contribution in [0.3, 0.4) is 0 Å². The third-order valence-electron chi connectivity index (χ3n) is 4.82. The zero-order valence-corrected chi connectivity index (χ0v) is 20.7. The summed E-state index contributed by atoms with van der Waals surface area (Å²) >= 11 is 6.11. The molecular formula is C27H26ClN3O5. The number of hydrogen-bond acceptors (Lipinski definition) is 6. The Morgan fingerprint density at radius 2 is 1.75 bits per heavy atom. The molecule has 0 saturated heterocycles. The Morgan fingerprint density at radius 3 is 2.47 bits per heavy atom. The smallest absolute Gasteiger partial charge is 0.271 e. The van der Waals surface area contributed by atoms with E-state index in [1.807, 2.05) is 31.2 Å². The second kappa shape index (κ2) is 13.0. The standard InChI is InChI=1S/C27H26ClN3O5/c1-4-13-35-24-11-7-19(15-25(24)34-3)27(33)31-29-16-20-14-21(28)8-12-23(20)36-17-26(32)30-22-9-5-18(2)6-10-22/h4-12,14-16H,1,13,17H2,2-3H3,(H,30,32)(H,31,33)/b29-16+. The van der Waals surface area contributed by atoms with Crippen LogP contribution in [-0.4, -0.2) is 38.4 Å². The van der Waals surface area contributed by atoms with Gasteiger partial charge in [0.2, 0.25) is 0 Å². The number of nitrogens with one attached hydrogen (secondary N) is 2. The van der Waals surface area contributed by atoms with E-state index in [0.29, 0.717) is 45.7 Å². The molecule has 9 heteroatoms. The van der Waals surface area contributed by atoms with Crippen LogP contribution in [0.25, 0.3) is 0 Å². The number of rotatable bonds is 11. The lowest BCUT2D eigenvalue weighted by atomic mass is 10.2. The molecule has 8 nitrogen and oxygen atoms in total. The van der Waals surface area contributed by atoms with Gasteiger partial charge in [-0.05, 0) is 55.5 Å². The second-order valence-electron chi connectivity index (χ2n) is 7.55. The minimum absolute atomic E-state index is 0.219. The molecule has 3 rings (SSSR count). The van der Waals surface area contributed by atoms with Gasteiger partial charge >= 0.3 is 0 Å². The quantitative estimate of drug-likeness (QED) is 0.216. The third-order valence-corrected chi connectivity index (χ3v) is 5.05. The van der Waals surface area contributed by atoms with Crippen molar-refractivity contribution in [3.05, 3.63) is 95.0 Å². The first kappa shape index (κ1) is 26.3. The van der Waals surface area contributed by atoms with Crippen molar-refractivity contribution in [3.8, 4) is 17.2 Å². The first-order chi connectivity index (χ1) is 17.4. The van der Waals surface area contributed by atoms with Crippen molar-refractivity contribution >= 4 is 35.3 Å². The molecule has 3 aromatic rings. The largest absolute Gasteiger partial charge is 0.493 e. The first-order valence-corrected chi connectivity index (χ1v) is 11.3. The van der Waals surface area contributed by atoms with Gasteiger partial charge in [0.25, 0.3) is 11.8 Å². The van der Waals surface area contributed by atoms with Gasteiger partial charge in [0, 0.05) is 21.8 Å². The molecule has 0 aliphatic heterocycles. The lowest BCUT2D eigenvalue weighted by Crippen LogP contribution is -2.20. The SMILES string of the molecule is C=CCOc1ccc(C(=O)N/N=C/c2cc(Cl)ccc2OCC(=O)Nc2ccc(C)cc2)cc1OC. The highest BCUT2D eigenvalue weighted by atomic mass is 35.5. The summed E-state index contributed by atoms with van der Waals surface area (Å²) in [5.41, 5.74) is 5.02. The zero-order valence-electron chi connectivity index (χ0n) is 19.9. The van der Waals surface area contributed by atoms with Gasteiger partial charge in [-0.3, -0.25) is 9.59 Å². The summed E-state index contributed by atoms with van der Waals surface area (Å²) in [7, 11) is 1.48. The molecule has 0 atom stereocenters. The summed E-state index contributed by atoms with van der Waals surface area (Å²) in [4.78, 5) is 24.8. The van der Waals surface area contributed by atoms with E-state index in [9.17, 15) is 9.59 Å². The molecule has 0 aliphatic carbocycles. The van der Waals surface area contributed by atoms with E-state index in [4.69, 9.17) is 25.8 Å². The highest BCUT2D eigenvalue weighted by molar-refractivity contribution is 6.30. The summed E-state index contributed by atoms with van der Waals surface area (Å²) in [5.74, 6) is 0.496. The van der Waals surface area contributed by atoms with E-state index in [2.05, 4.69) is 22.4 Å². The maximum Gasteiger partial charge on any atom is 0.271 e. The number of nitrogens with zero attached hydrogens (tertiary/aromatic N) is 1.